The monoisotopic (exact) mass is 141 g/mol. The highest BCUT2D eigenvalue weighted by molar-refractivity contribution is 4.87. The summed E-state index contributed by atoms with van der Waals surface area (Å²) in [4.78, 5) is 2.44. The fourth-order valence-corrected chi connectivity index (χ4v) is 2.23. The second-order valence-corrected chi connectivity index (χ2v) is 3.53. The predicted molar refractivity (Wildman–Crippen MR) is 39.8 cm³/mol. The second kappa shape index (κ2) is 2.51. The minimum atomic E-state index is -0.0249. The molecular weight excluding hydrogens is 126 g/mol. The summed E-state index contributed by atoms with van der Waals surface area (Å²) in [7, 11) is 0. The van der Waals surface area contributed by atoms with Crippen LogP contribution in [0.2, 0.25) is 0 Å². The van der Waals surface area contributed by atoms with Crippen LogP contribution in [0.4, 0.5) is 0 Å². The SMILES string of the molecule is O[C@H]1C[C@@H]2CCCCN2C1. The van der Waals surface area contributed by atoms with Gasteiger partial charge in [0.1, 0.15) is 0 Å². The van der Waals surface area contributed by atoms with E-state index in [1.54, 1.807) is 0 Å². The Kier molecular flexibility index (Phi) is 1.66. The first-order chi connectivity index (χ1) is 4.86. The number of nitrogens with zero attached hydrogens (tertiary/aromatic N) is 1. The highest BCUT2D eigenvalue weighted by Gasteiger charge is 2.31. The van der Waals surface area contributed by atoms with Gasteiger partial charge >= 0.3 is 0 Å². The quantitative estimate of drug-likeness (QED) is 0.534. The molecule has 2 heterocycles. The maximum atomic E-state index is 9.32. The van der Waals surface area contributed by atoms with E-state index in [0.29, 0.717) is 0 Å². The van der Waals surface area contributed by atoms with Crippen molar-refractivity contribution >= 4 is 0 Å². The maximum Gasteiger partial charge on any atom is 0.0682 e. The van der Waals surface area contributed by atoms with E-state index in [2.05, 4.69) is 4.90 Å². The van der Waals surface area contributed by atoms with E-state index in [4.69, 9.17) is 0 Å². The van der Waals surface area contributed by atoms with Crippen molar-refractivity contribution in [2.75, 3.05) is 13.1 Å². The zero-order valence-electron chi connectivity index (χ0n) is 6.29. The molecule has 2 atom stereocenters. The lowest BCUT2D eigenvalue weighted by atomic mass is 10.0. The molecule has 1 N–H and O–H groups in total. The first-order valence-corrected chi connectivity index (χ1v) is 4.28. The molecule has 0 aliphatic carbocycles. The molecule has 0 aromatic heterocycles. The highest BCUT2D eigenvalue weighted by Crippen LogP contribution is 2.26. The molecule has 2 nitrogen and oxygen atoms in total. The van der Waals surface area contributed by atoms with Crippen LogP contribution in [0.25, 0.3) is 0 Å². The molecule has 58 valence electrons. The molecule has 0 spiro atoms. The topological polar surface area (TPSA) is 23.5 Å². The van der Waals surface area contributed by atoms with Gasteiger partial charge in [-0.2, -0.15) is 0 Å². The molecule has 2 heteroatoms. The fourth-order valence-electron chi connectivity index (χ4n) is 2.23. The summed E-state index contributed by atoms with van der Waals surface area (Å²) in [6.07, 6.45) is 5.02. The van der Waals surface area contributed by atoms with Crippen LogP contribution in [0.5, 0.6) is 0 Å². The molecule has 0 radical (unpaired) electrons. The second-order valence-electron chi connectivity index (χ2n) is 3.53. The average molecular weight is 141 g/mol. The first-order valence-electron chi connectivity index (χ1n) is 4.28. The van der Waals surface area contributed by atoms with Crippen LogP contribution in [0.15, 0.2) is 0 Å². The van der Waals surface area contributed by atoms with Gasteiger partial charge in [0.2, 0.25) is 0 Å². The number of rotatable bonds is 0. The number of aliphatic hydroxyl groups excluding tert-OH is 1. The van der Waals surface area contributed by atoms with Crippen molar-refractivity contribution in [3.05, 3.63) is 0 Å². The summed E-state index contributed by atoms with van der Waals surface area (Å²) < 4.78 is 0. The van der Waals surface area contributed by atoms with Gasteiger partial charge in [-0.15, -0.1) is 0 Å². The van der Waals surface area contributed by atoms with Gasteiger partial charge in [-0.25, -0.2) is 0 Å². The molecule has 0 aromatic carbocycles. The van der Waals surface area contributed by atoms with E-state index in [0.717, 1.165) is 19.0 Å². The lowest BCUT2D eigenvalue weighted by Crippen LogP contribution is -2.34. The van der Waals surface area contributed by atoms with Crippen LogP contribution in [-0.2, 0) is 0 Å². The van der Waals surface area contributed by atoms with Crippen LogP contribution in [0.1, 0.15) is 25.7 Å². The summed E-state index contributed by atoms with van der Waals surface area (Å²) in [5, 5.41) is 9.32. The molecule has 2 rings (SSSR count). The van der Waals surface area contributed by atoms with E-state index in [-0.39, 0.29) is 6.10 Å². The maximum absolute atomic E-state index is 9.32. The number of aliphatic hydroxyl groups is 1. The molecule has 2 saturated heterocycles. The third kappa shape index (κ3) is 1.06. The minimum Gasteiger partial charge on any atom is -0.392 e. The Labute approximate surface area is 61.8 Å². The molecular formula is C8H15NO. The van der Waals surface area contributed by atoms with Crippen molar-refractivity contribution in [1.82, 2.24) is 4.90 Å². The van der Waals surface area contributed by atoms with Crippen LogP contribution < -0.4 is 0 Å². The molecule has 0 bridgehead atoms. The Balaban J connectivity index is 1.97. The van der Waals surface area contributed by atoms with Crippen LogP contribution in [-0.4, -0.2) is 35.2 Å². The summed E-state index contributed by atoms with van der Waals surface area (Å²) in [6, 6.07) is 0.726. The zero-order chi connectivity index (χ0) is 6.97. The Hall–Kier alpha value is -0.0800. The standard InChI is InChI=1S/C8H15NO/c10-8-5-7-3-1-2-4-9(7)6-8/h7-8,10H,1-6H2/t7-,8-/m0/s1. The summed E-state index contributed by atoms with van der Waals surface area (Å²) in [5.74, 6) is 0. The van der Waals surface area contributed by atoms with E-state index in [1.807, 2.05) is 0 Å². The Morgan fingerprint density at radius 3 is 3.00 bits per heavy atom. The van der Waals surface area contributed by atoms with Gasteiger partial charge in [0.25, 0.3) is 0 Å². The number of piperidine rings is 1. The molecule has 0 amide bonds. The van der Waals surface area contributed by atoms with Gasteiger partial charge in [-0.05, 0) is 25.8 Å². The number of fused-ring (bicyclic) bond motifs is 1. The highest BCUT2D eigenvalue weighted by atomic mass is 16.3. The molecule has 2 aliphatic rings. The summed E-state index contributed by atoms with van der Waals surface area (Å²) in [5.41, 5.74) is 0. The van der Waals surface area contributed by atoms with Gasteiger partial charge in [-0.1, -0.05) is 6.42 Å². The van der Waals surface area contributed by atoms with E-state index in [9.17, 15) is 5.11 Å². The Morgan fingerprint density at radius 2 is 2.20 bits per heavy atom. The number of hydrogen-bond donors (Lipinski definition) is 1. The van der Waals surface area contributed by atoms with Crippen LogP contribution in [0, 0.1) is 0 Å². The molecule has 10 heavy (non-hydrogen) atoms. The lowest BCUT2D eigenvalue weighted by Gasteiger charge is -2.28. The Bertz CT molecular complexity index is 112. The van der Waals surface area contributed by atoms with Crippen molar-refractivity contribution in [2.24, 2.45) is 0 Å². The molecule has 0 aromatic rings. The van der Waals surface area contributed by atoms with Crippen LogP contribution >= 0.6 is 0 Å². The minimum absolute atomic E-state index is 0.0249. The van der Waals surface area contributed by atoms with Crippen molar-refractivity contribution in [2.45, 2.75) is 37.8 Å². The predicted octanol–water partition coefficient (Wildman–Crippen LogP) is 0.605. The van der Waals surface area contributed by atoms with E-state index < -0.39 is 0 Å². The third-order valence-electron chi connectivity index (χ3n) is 2.74. The van der Waals surface area contributed by atoms with Gasteiger partial charge in [0.15, 0.2) is 0 Å². The average Bonchev–Trinajstić information content (AvgIpc) is 2.27. The molecule has 0 saturated carbocycles. The summed E-state index contributed by atoms with van der Waals surface area (Å²) in [6.45, 7) is 2.16. The fraction of sp³-hybridized carbons (Fsp3) is 1.00. The van der Waals surface area contributed by atoms with Crippen LogP contribution in [0.3, 0.4) is 0 Å². The van der Waals surface area contributed by atoms with Crippen molar-refractivity contribution < 1.29 is 5.11 Å². The van der Waals surface area contributed by atoms with Crippen molar-refractivity contribution in [1.29, 1.82) is 0 Å². The van der Waals surface area contributed by atoms with Gasteiger partial charge in [0, 0.05) is 12.6 Å². The van der Waals surface area contributed by atoms with Crippen molar-refractivity contribution in [3.8, 4) is 0 Å². The summed E-state index contributed by atoms with van der Waals surface area (Å²) >= 11 is 0. The smallest absolute Gasteiger partial charge is 0.0682 e. The van der Waals surface area contributed by atoms with Gasteiger partial charge < -0.3 is 5.11 Å². The lowest BCUT2D eigenvalue weighted by molar-refractivity contribution is 0.166. The third-order valence-corrected chi connectivity index (χ3v) is 2.74. The molecule has 0 unspecified atom stereocenters. The number of hydrogen-bond acceptors (Lipinski definition) is 2. The van der Waals surface area contributed by atoms with Gasteiger partial charge in [0.05, 0.1) is 6.10 Å². The van der Waals surface area contributed by atoms with E-state index in [1.165, 1.54) is 25.8 Å². The normalized spacial score (nSPS) is 41.7. The van der Waals surface area contributed by atoms with E-state index >= 15 is 0 Å². The molecule has 2 fully saturated rings. The van der Waals surface area contributed by atoms with Gasteiger partial charge in [-0.3, -0.25) is 4.90 Å². The molecule has 2 aliphatic heterocycles. The zero-order valence-corrected chi connectivity index (χ0v) is 6.29. The first kappa shape index (κ1) is 6.62. The van der Waals surface area contributed by atoms with Crippen molar-refractivity contribution in [3.63, 3.8) is 0 Å². The Morgan fingerprint density at radius 1 is 1.30 bits per heavy atom. The largest absolute Gasteiger partial charge is 0.392 e.